The van der Waals surface area contributed by atoms with Gasteiger partial charge < -0.3 is 5.32 Å². The van der Waals surface area contributed by atoms with Gasteiger partial charge in [-0.05, 0) is 38.8 Å². The molecule has 1 fully saturated rings. The van der Waals surface area contributed by atoms with Gasteiger partial charge >= 0.3 is 0 Å². The van der Waals surface area contributed by atoms with Crippen molar-refractivity contribution in [1.29, 1.82) is 0 Å². The van der Waals surface area contributed by atoms with Crippen LogP contribution >= 0.6 is 0 Å². The predicted molar refractivity (Wildman–Crippen MR) is 82.9 cm³/mol. The molecule has 0 spiro atoms. The van der Waals surface area contributed by atoms with E-state index in [0.29, 0.717) is 6.04 Å². The molecule has 2 heterocycles. The Kier molecular flexibility index (Phi) is 4.39. The van der Waals surface area contributed by atoms with Crippen LogP contribution in [0.2, 0.25) is 0 Å². The van der Waals surface area contributed by atoms with Gasteiger partial charge in [0.05, 0.1) is 17.4 Å². The van der Waals surface area contributed by atoms with Crippen LogP contribution in [0.25, 0.3) is 0 Å². The lowest BCUT2D eigenvalue weighted by Gasteiger charge is -2.14. The van der Waals surface area contributed by atoms with Crippen LogP contribution in [0.1, 0.15) is 63.0 Å². The molecule has 0 radical (unpaired) electrons. The van der Waals surface area contributed by atoms with Crippen molar-refractivity contribution < 1.29 is 0 Å². The van der Waals surface area contributed by atoms with Crippen LogP contribution in [0.3, 0.4) is 0 Å². The summed E-state index contributed by atoms with van der Waals surface area (Å²) in [4.78, 5) is 0. The summed E-state index contributed by atoms with van der Waals surface area (Å²) in [6, 6.07) is 5.12. The summed E-state index contributed by atoms with van der Waals surface area (Å²) in [5.41, 5.74) is 2.35. The Balaban J connectivity index is 1.57. The Morgan fingerprint density at radius 1 is 1.33 bits per heavy atom. The second-order valence-corrected chi connectivity index (χ2v) is 5.90. The minimum Gasteiger partial charge on any atom is -0.303 e. The van der Waals surface area contributed by atoms with E-state index in [2.05, 4.69) is 47.3 Å². The van der Waals surface area contributed by atoms with Gasteiger partial charge in [-0.1, -0.05) is 12.8 Å². The molecule has 3 rings (SSSR count). The molecule has 21 heavy (non-hydrogen) atoms. The molecule has 5 heteroatoms. The third kappa shape index (κ3) is 3.18. The van der Waals surface area contributed by atoms with Gasteiger partial charge in [0.1, 0.15) is 0 Å². The summed E-state index contributed by atoms with van der Waals surface area (Å²) in [6.07, 6.45) is 9.24. The highest BCUT2D eigenvalue weighted by molar-refractivity contribution is 5.07. The van der Waals surface area contributed by atoms with Crippen molar-refractivity contribution in [2.45, 2.75) is 64.7 Å². The van der Waals surface area contributed by atoms with Crippen LogP contribution in [-0.4, -0.2) is 19.6 Å². The standard InChI is InChI=1S/C16H25N5/c1-3-20-16(8-10-18-20)13(2)17-12-14-9-11-21(19-14)15-6-4-5-7-15/h8-11,13,15,17H,3-7,12H2,1-2H3. The number of nitrogens with one attached hydrogen (secondary N) is 1. The first-order chi connectivity index (χ1) is 10.3. The van der Waals surface area contributed by atoms with Crippen molar-refractivity contribution in [2.75, 3.05) is 0 Å². The maximum Gasteiger partial charge on any atom is 0.0762 e. The molecule has 0 amide bonds. The van der Waals surface area contributed by atoms with Crippen molar-refractivity contribution in [3.63, 3.8) is 0 Å². The maximum atomic E-state index is 4.72. The second-order valence-electron chi connectivity index (χ2n) is 5.90. The van der Waals surface area contributed by atoms with Gasteiger partial charge in [-0.2, -0.15) is 10.2 Å². The molecular formula is C16H25N5. The van der Waals surface area contributed by atoms with Gasteiger partial charge in [0.25, 0.3) is 0 Å². The van der Waals surface area contributed by atoms with E-state index in [4.69, 9.17) is 5.10 Å². The average Bonchev–Trinajstić information content (AvgIpc) is 3.24. The molecule has 0 bridgehead atoms. The Labute approximate surface area is 126 Å². The number of hydrogen-bond donors (Lipinski definition) is 1. The first-order valence-corrected chi connectivity index (χ1v) is 8.07. The smallest absolute Gasteiger partial charge is 0.0762 e. The molecule has 2 aromatic heterocycles. The second kappa shape index (κ2) is 6.43. The average molecular weight is 287 g/mol. The lowest BCUT2D eigenvalue weighted by Crippen LogP contribution is -2.21. The molecule has 5 nitrogen and oxygen atoms in total. The van der Waals surface area contributed by atoms with E-state index in [0.717, 1.165) is 18.8 Å². The number of hydrogen-bond acceptors (Lipinski definition) is 3. The van der Waals surface area contributed by atoms with Crippen molar-refractivity contribution in [1.82, 2.24) is 24.9 Å². The minimum atomic E-state index is 0.282. The number of aromatic nitrogens is 4. The van der Waals surface area contributed by atoms with E-state index < -0.39 is 0 Å². The first-order valence-electron chi connectivity index (χ1n) is 8.07. The maximum absolute atomic E-state index is 4.72. The highest BCUT2D eigenvalue weighted by Gasteiger charge is 2.17. The molecular weight excluding hydrogens is 262 g/mol. The summed E-state index contributed by atoms with van der Waals surface area (Å²) in [5, 5.41) is 12.6. The zero-order chi connectivity index (χ0) is 14.7. The van der Waals surface area contributed by atoms with E-state index in [1.54, 1.807) is 0 Å². The third-order valence-electron chi connectivity index (χ3n) is 4.44. The van der Waals surface area contributed by atoms with Crippen molar-refractivity contribution >= 4 is 0 Å². The van der Waals surface area contributed by atoms with Crippen molar-refractivity contribution in [3.8, 4) is 0 Å². The summed E-state index contributed by atoms with van der Waals surface area (Å²) in [6.45, 7) is 6.00. The van der Waals surface area contributed by atoms with E-state index in [1.807, 2.05) is 10.9 Å². The zero-order valence-corrected chi connectivity index (χ0v) is 13.0. The molecule has 1 unspecified atom stereocenters. The van der Waals surface area contributed by atoms with Crippen LogP contribution < -0.4 is 5.32 Å². The lowest BCUT2D eigenvalue weighted by atomic mass is 10.2. The lowest BCUT2D eigenvalue weighted by molar-refractivity contribution is 0.455. The predicted octanol–water partition coefficient (Wildman–Crippen LogP) is 3.07. The van der Waals surface area contributed by atoms with Gasteiger partial charge in [-0.25, -0.2) is 0 Å². The molecule has 1 aliphatic carbocycles. The van der Waals surface area contributed by atoms with Crippen LogP contribution in [0.5, 0.6) is 0 Å². The number of aryl methyl sites for hydroxylation is 1. The van der Waals surface area contributed by atoms with Crippen LogP contribution in [0.4, 0.5) is 0 Å². The molecule has 0 saturated heterocycles. The molecule has 0 aromatic carbocycles. The number of rotatable bonds is 6. The summed E-state index contributed by atoms with van der Waals surface area (Å²) in [7, 11) is 0. The third-order valence-corrected chi connectivity index (χ3v) is 4.44. The van der Waals surface area contributed by atoms with E-state index in [1.165, 1.54) is 31.4 Å². The highest BCUT2D eigenvalue weighted by atomic mass is 15.3. The summed E-state index contributed by atoms with van der Waals surface area (Å²) in [5.74, 6) is 0. The fraction of sp³-hybridized carbons (Fsp3) is 0.625. The monoisotopic (exact) mass is 287 g/mol. The van der Waals surface area contributed by atoms with Gasteiger partial charge in [-0.15, -0.1) is 0 Å². The van der Waals surface area contributed by atoms with Crippen molar-refractivity contribution in [3.05, 3.63) is 35.9 Å². The Morgan fingerprint density at radius 3 is 2.90 bits per heavy atom. The molecule has 1 N–H and O–H groups in total. The summed E-state index contributed by atoms with van der Waals surface area (Å²) >= 11 is 0. The molecule has 1 aliphatic rings. The normalized spacial score (nSPS) is 17.4. The molecule has 2 aromatic rings. The zero-order valence-electron chi connectivity index (χ0n) is 13.0. The van der Waals surface area contributed by atoms with Gasteiger partial charge in [0.15, 0.2) is 0 Å². The summed E-state index contributed by atoms with van der Waals surface area (Å²) < 4.78 is 4.19. The molecule has 1 atom stereocenters. The Bertz CT molecular complexity index is 565. The number of nitrogens with zero attached hydrogens (tertiary/aromatic N) is 4. The van der Waals surface area contributed by atoms with Crippen LogP contribution in [0, 0.1) is 0 Å². The first kappa shape index (κ1) is 14.3. The fourth-order valence-corrected chi connectivity index (χ4v) is 3.18. The quantitative estimate of drug-likeness (QED) is 0.888. The van der Waals surface area contributed by atoms with Gasteiger partial charge in [0.2, 0.25) is 0 Å². The molecule has 0 aliphatic heterocycles. The largest absolute Gasteiger partial charge is 0.303 e. The Morgan fingerprint density at radius 2 is 2.14 bits per heavy atom. The van der Waals surface area contributed by atoms with E-state index >= 15 is 0 Å². The highest BCUT2D eigenvalue weighted by Crippen LogP contribution is 2.28. The SMILES string of the molecule is CCn1nccc1C(C)NCc1ccn(C2CCCC2)n1. The van der Waals surface area contributed by atoms with E-state index in [9.17, 15) is 0 Å². The van der Waals surface area contributed by atoms with E-state index in [-0.39, 0.29) is 6.04 Å². The van der Waals surface area contributed by atoms with Gasteiger partial charge in [-0.3, -0.25) is 9.36 Å². The van der Waals surface area contributed by atoms with Crippen LogP contribution in [0.15, 0.2) is 24.5 Å². The molecule has 1 saturated carbocycles. The Hall–Kier alpha value is -1.62. The van der Waals surface area contributed by atoms with Crippen LogP contribution in [-0.2, 0) is 13.1 Å². The molecule has 114 valence electrons. The van der Waals surface area contributed by atoms with Crippen molar-refractivity contribution in [2.24, 2.45) is 0 Å². The van der Waals surface area contributed by atoms with Gasteiger partial charge in [0, 0.05) is 31.5 Å². The minimum absolute atomic E-state index is 0.282. The fourth-order valence-electron chi connectivity index (χ4n) is 3.18. The topological polar surface area (TPSA) is 47.7 Å².